The molecule has 2 aliphatic rings. The van der Waals surface area contributed by atoms with Gasteiger partial charge < -0.3 is 15.0 Å². The molecule has 3 aromatic carbocycles. The smallest absolute Gasteiger partial charge is 0.244 e. The number of nitrogens with one attached hydrogen (secondary N) is 2. The van der Waals surface area contributed by atoms with E-state index in [1.54, 1.807) is 13.2 Å². The molecule has 0 radical (unpaired) electrons. The Morgan fingerprint density at radius 1 is 1.11 bits per heavy atom. The molecule has 2 atom stereocenters. The molecule has 0 aliphatic carbocycles. The van der Waals surface area contributed by atoms with Crippen LogP contribution >= 0.6 is 0 Å². The quantitative estimate of drug-likeness (QED) is 0.533. The lowest BCUT2D eigenvalue weighted by Crippen LogP contribution is -2.43. The summed E-state index contributed by atoms with van der Waals surface area (Å²) in [6.45, 7) is 3.35. The summed E-state index contributed by atoms with van der Waals surface area (Å²) in [5.74, 6) is -0.466. The zero-order valence-corrected chi connectivity index (χ0v) is 20.3. The van der Waals surface area contributed by atoms with E-state index in [4.69, 9.17) is 4.74 Å². The number of ether oxygens (including phenoxy) is 1. The Labute approximate surface area is 209 Å². The zero-order valence-electron chi connectivity index (χ0n) is 20.3. The second-order valence-corrected chi connectivity index (χ2v) is 9.34. The van der Waals surface area contributed by atoms with Gasteiger partial charge in [0.05, 0.1) is 19.1 Å². The highest BCUT2D eigenvalue weighted by Crippen LogP contribution is 2.42. The van der Waals surface area contributed by atoms with Gasteiger partial charge in [-0.3, -0.25) is 14.6 Å². The maximum absolute atomic E-state index is 14.3. The number of halogens is 1. The SMILES string of the molecule is COc1ccc(CNC(=O)CN2NC3c4cc(F)ccc4N(Cc4cccc(C)c4)CC3C2=O)cc1. The number of nitrogens with zero attached hydrogens (tertiary/aromatic N) is 2. The van der Waals surface area contributed by atoms with E-state index in [1.165, 1.54) is 17.1 Å². The van der Waals surface area contributed by atoms with E-state index in [2.05, 4.69) is 27.8 Å². The summed E-state index contributed by atoms with van der Waals surface area (Å²) in [5.41, 5.74) is 8.01. The van der Waals surface area contributed by atoms with Gasteiger partial charge in [-0.25, -0.2) is 9.82 Å². The Morgan fingerprint density at radius 2 is 1.92 bits per heavy atom. The Morgan fingerprint density at radius 3 is 2.67 bits per heavy atom. The highest BCUT2D eigenvalue weighted by atomic mass is 19.1. The molecule has 0 aromatic heterocycles. The van der Waals surface area contributed by atoms with Crippen LogP contribution in [0.15, 0.2) is 66.7 Å². The van der Waals surface area contributed by atoms with Gasteiger partial charge in [-0.15, -0.1) is 0 Å². The number of fused-ring (bicyclic) bond motifs is 3. The topological polar surface area (TPSA) is 73.9 Å². The summed E-state index contributed by atoms with van der Waals surface area (Å²) in [7, 11) is 1.60. The van der Waals surface area contributed by atoms with Crippen LogP contribution < -0.4 is 20.4 Å². The van der Waals surface area contributed by atoms with Crippen molar-refractivity contribution in [1.82, 2.24) is 15.8 Å². The van der Waals surface area contributed by atoms with Gasteiger partial charge in [-0.05, 0) is 53.9 Å². The highest BCUT2D eigenvalue weighted by Gasteiger charge is 2.46. The molecular weight excluding hydrogens is 459 g/mol. The number of carbonyl (C=O) groups is 2. The number of rotatable bonds is 7. The van der Waals surface area contributed by atoms with Gasteiger partial charge in [-0.1, -0.05) is 42.0 Å². The summed E-state index contributed by atoms with van der Waals surface area (Å²) in [4.78, 5) is 28.1. The highest BCUT2D eigenvalue weighted by molar-refractivity contribution is 5.88. The minimum absolute atomic E-state index is 0.121. The second-order valence-electron chi connectivity index (χ2n) is 9.34. The third-order valence-corrected chi connectivity index (χ3v) is 6.77. The van der Waals surface area contributed by atoms with Gasteiger partial charge in [0.2, 0.25) is 11.8 Å². The van der Waals surface area contributed by atoms with E-state index in [9.17, 15) is 14.0 Å². The number of anilines is 1. The molecule has 186 valence electrons. The lowest BCUT2D eigenvalue weighted by molar-refractivity contribution is -0.137. The van der Waals surface area contributed by atoms with E-state index >= 15 is 0 Å². The third-order valence-electron chi connectivity index (χ3n) is 6.77. The van der Waals surface area contributed by atoms with Crippen LogP contribution in [0, 0.1) is 18.7 Å². The molecule has 36 heavy (non-hydrogen) atoms. The van der Waals surface area contributed by atoms with Crippen molar-refractivity contribution in [1.29, 1.82) is 0 Å². The molecule has 2 aliphatic heterocycles. The fourth-order valence-corrected chi connectivity index (χ4v) is 4.98. The molecule has 2 amide bonds. The largest absolute Gasteiger partial charge is 0.497 e. The Kier molecular flexibility index (Phi) is 6.61. The molecule has 2 unspecified atom stereocenters. The van der Waals surface area contributed by atoms with Crippen LogP contribution in [0.2, 0.25) is 0 Å². The minimum Gasteiger partial charge on any atom is -0.497 e. The Balaban J connectivity index is 1.29. The van der Waals surface area contributed by atoms with Gasteiger partial charge in [0.15, 0.2) is 0 Å². The molecule has 1 saturated heterocycles. The van der Waals surface area contributed by atoms with Gasteiger partial charge in [0, 0.05) is 25.3 Å². The summed E-state index contributed by atoms with van der Waals surface area (Å²) >= 11 is 0. The van der Waals surface area contributed by atoms with Crippen molar-refractivity contribution in [2.24, 2.45) is 5.92 Å². The average molecular weight is 489 g/mol. The molecule has 3 aromatic rings. The first kappa shape index (κ1) is 23.8. The van der Waals surface area contributed by atoms with E-state index in [-0.39, 0.29) is 30.2 Å². The van der Waals surface area contributed by atoms with Crippen molar-refractivity contribution in [3.8, 4) is 5.75 Å². The summed E-state index contributed by atoms with van der Waals surface area (Å²) < 4.78 is 19.4. The van der Waals surface area contributed by atoms with Gasteiger partial charge in [0.1, 0.15) is 18.1 Å². The minimum atomic E-state index is -0.418. The van der Waals surface area contributed by atoms with Gasteiger partial charge >= 0.3 is 0 Å². The molecular formula is C28H29FN4O3. The van der Waals surface area contributed by atoms with Gasteiger partial charge in [0.25, 0.3) is 0 Å². The van der Waals surface area contributed by atoms with Crippen LogP contribution in [0.5, 0.6) is 5.75 Å². The fraction of sp³-hybridized carbons (Fsp3) is 0.286. The number of methoxy groups -OCH3 is 1. The average Bonchev–Trinajstić information content (AvgIpc) is 3.18. The number of hydrogen-bond donors (Lipinski definition) is 2. The number of benzene rings is 3. The van der Waals surface area contributed by atoms with Gasteiger partial charge in [-0.2, -0.15) is 0 Å². The van der Waals surface area contributed by atoms with E-state index in [1.807, 2.05) is 43.3 Å². The first-order valence-corrected chi connectivity index (χ1v) is 12.0. The number of amides is 2. The molecule has 0 bridgehead atoms. The van der Waals surface area contributed by atoms with E-state index in [0.717, 1.165) is 33.7 Å². The van der Waals surface area contributed by atoms with Crippen molar-refractivity contribution in [3.63, 3.8) is 0 Å². The summed E-state index contributed by atoms with van der Waals surface area (Å²) in [6, 6.07) is 20.0. The normalized spacial score (nSPS) is 18.6. The van der Waals surface area contributed by atoms with Crippen molar-refractivity contribution in [2.75, 3.05) is 25.1 Å². The van der Waals surface area contributed by atoms with Crippen LogP contribution in [0.3, 0.4) is 0 Å². The fourth-order valence-electron chi connectivity index (χ4n) is 4.98. The Hall–Kier alpha value is -3.91. The van der Waals surface area contributed by atoms with Crippen LogP contribution in [-0.4, -0.2) is 37.0 Å². The maximum atomic E-state index is 14.3. The second kappa shape index (κ2) is 9.99. The standard InChI is InChI=1S/C28H29FN4O3/c1-18-4-3-5-20(12-18)15-32-16-24-27(23-13-21(29)8-11-25(23)32)31-33(28(24)35)17-26(34)30-14-19-6-9-22(36-2)10-7-19/h3-13,24,27,31H,14-17H2,1-2H3,(H,30,34). The monoisotopic (exact) mass is 488 g/mol. The zero-order chi connectivity index (χ0) is 25.2. The van der Waals surface area contributed by atoms with Crippen LogP contribution in [-0.2, 0) is 22.7 Å². The maximum Gasteiger partial charge on any atom is 0.244 e. The van der Waals surface area contributed by atoms with Crippen LogP contribution in [0.1, 0.15) is 28.3 Å². The predicted molar refractivity (Wildman–Crippen MR) is 135 cm³/mol. The molecule has 0 saturated carbocycles. The number of carbonyl (C=O) groups excluding carboxylic acids is 2. The number of hydrazine groups is 1. The summed E-state index contributed by atoms with van der Waals surface area (Å²) in [6.07, 6.45) is 0. The van der Waals surface area contributed by atoms with Crippen LogP contribution in [0.4, 0.5) is 10.1 Å². The first-order chi connectivity index (χ1) is 17.4. The van der Waals surface area contributed by atoms with E-state index in [0.29, 0.717) is 19.6 Å². The molecule has 2 N–H and O–H groups in total. The van der Waals surface area contributed by atoms with Crippen molar-refractivity contribution >= 4 is 17.5 Å². The number of hydrogen-bond acceptors (Lipinski definition) is 5. The first-order valence-electron chi connectivity index (χ1n) is 12.0. The van der Waals surface area contributed by atoms with E-state index < -0.39 is 5.92 Å². The molecule has 8 heteroatoms. The third kappa shape index (κ3) is 4.90. The van der Waals surface area contributed by atoms with Crippen molar-refractivity contribution < 1.29 is 18.7 Å². The molecule has 5 rings (SSSR count). The predicted octanol–water partition coefficient (Wildman–Crippen LogP) is 3.48. The molecule has 2 heterocycles. The lowest BCUT2D eigenvalue weighted by Gasteiger charge is -2.36. The van der Waals surface area contributed by atoms with Crippen LogP contribution in [0.25, 0.3) is 0 Å². The number of aryl methyl sites for hydroxylation is 1. The lowest BCUT2D eigenvalue weighted by atomic mass is 9.87. The Bertz CT molecular complexity index is 1280. The van der Waals surface area contributed by atoms with Crippen molar-refractivity contribution in [3.05, 3.63) is 94.8 Å². The molecule has 0 spiro atoms. The van der Waals surface area contributed by atoms with Crippen molar-refractivity contribution in [2.45, 2.75) is 26.1 Å². The molecule has 1 fully saturated rings. The molecule has 7 nitrogen and oxygen atoms in total. The summed E-state index contributed by atoms with van der Waals surface area (Å²) in [5, 5.41) is 4.22.